The van der Waals surface area contributed by atoms with Gasteiger partial charge in [-0.25, -0.2) is 4.98 Å². The zero-order valence-corrected chi connectivity index (χ0v) is 17.7. The highest BCUT2D eigenvalue weighted by Gasteiger charge is 2.21. The molecular formula is C25H24N4O2. The molecule has 4 heterocycles. The molecule has 1 aliphatic rings. The number of anilines is 1. The van der Waals surface area contributed by atoms with Crippen LogP contribution < -0.4 is 4.90 Å². The van der Waals surface area contributed by atoms with E-state index in [0.29, 0.717) is 18.9 Å². The van der Waals surface area contributed by atoms with Crippen molar-refractivity contribution in [2.24, 2.45) is 0 Å². The van der Waals surface area contributed by atoms with Crippen LogP contribution in [0.5, 0.6) is 0 Å². The van der Waals surface area contributed by atoms with E-state index >= 15 is 0 Å². The molecule has 4 aromatic rings. The Morgan fingerprint density at radius 2 is 1.77 bits per heavy atom. The van der Waals surface area contributed by atoms with Crippen LogP contribution in [0, 0.1) is 13.8 Å². The predicted molar refractivity (Wildman–Crippen MR) is 120 cm³/mol. The third kappa shape index (κ3) is 3.89. The average Bonchev–Trinajstić information content (AvgIpc) is 3.50. The van der Waals surface area contributed by atoms with Crippen LogP contribution in [0.1, 0.15) is 30.2 Å². The van der Waals surface area contributed by atoms with E-state index in [1.54, 1.807) is 0 Å². The minimum atomic E-state index is 0.205. The molecule has 0 spiro atoms. The number of nitrogens with zero attached hydrogens (tertiary/aromatic N) is 4. The van der Waals surface area contributed by atoms with E-state index in [1.807, 2.05) is 49.5 Å². The van der Waals surface area contributed by atoms with E-state index in [0.717, 1.165) is 52.4 Å². The van der Waals surface area contributed by atoms with Gasteiger partial charge in [-0.3, -0.25) is 9.78 Å². The zero-order valence-electron chi connectivity index (χ0n) is 17.7. The predicted octanol–water partition coefficient (Wildman–Crippen LogP) is 5.00. The molecule has 156 valence electrons. The van der Waals surface area contributed by atoms with Crippen LogP contribution in [-0.4, -0.2) is 27.0 Å². The second kappa shape index (κ2) is 7.87. The van der Waals surface area contributed by atoms with Gasteiger partial charge in [-0.1, -0.05) is 12.1 Å². The van der Waals surface area contributed by atoms with E-state index in [9.17, 15) is 4.79 Å². The molecular weight excluding hydrogens is 388 g/mol. The Hall–Kier alpha value is -3.67. The van der Waals surface area contributed by atoms with Gasteiger partial charge in [-0.05, 0) is 50.1 Å². The van der Waals surface area contributed by atoms with Gasteiger partial charge in [-0.15, -0.1) is 0 Å². The molecule has 0 N–H and O–H groups in total. The van der Waals surface area contributed by atoms with Crippen LogP contribution in [0.15, 0.2) is 65.6 Å². The van der Waals surface area contributed by atoms with Crippen molar-refractivity contribution < 1.29 is 9.21 Å². The number of carbonyl (C=O) groups is 1. The van der Waals surface area contributed by atoms with Crippen molar-refractivity contribution in [2.45, 2.75) is 33.2 Å². The number of oxazole rings is 1. The summed E-state index contributed by atoms with van der Waals surface area (Å²) in [6.45, 7) is 5.28. The summed E-state index contributed by atoms with van der Waals surface area (Å²) in [6, 6.07) is 12.4. The number of carbonyl (C=O) groups excluding carboxylic acids is 1. The molecule has 3 aromatic heterocycles. The molecule has 5 rings (SSSR count). The first kappa shape index (κ1) is 19.3. The van der Waals surface area contributed by atoms with E-state index < -0.39 is 0 Å². The maximum Gasteiger partial charge on any atom is 0.227 e. The molecule has 0 bridgehead atoms. The number of aryl methyl sites for hydroxylation is 2. The maximum absolute atomic E-state index is 12.0. The van der Waals surface area contributed by atoms with Crippen molar-refractivity contribution >= 4 is 11.6 Å². The molecule has 0 radical (unpaired) electrons. The fourth-order valence-corrected chi connectivity index (χ4v) is 3.98. The molecule has 6 heteroatoms. The number of aromatic nitrogens is 3. The molecule has 1 amide bonds. The van der Waals surface area contributed by atoms with Crippen molar-refractivity contribution in [1.82, 2.24) is 14.5 Å². The number of amides is 1. The highest BCUT2D eigenvalue weighted by atomic mass is 16.4. The standard InChI is InChI=1S/C25H24N4O2/c1-17-18(2)31-24(27-17)16-28-11-9-20(15-28)22-12-21(13-26-14-22)19-5-7-23(8-6-19)29-10-3-4-25(29)30/h5-9,11-15H,3-4,10,16H2,1-2H3. The Labute approximate surface area is 181 Å². The van der Waals surface area contributed by atoms with Crippen LogP contribution in [0.2, 0.25) is 0 Å². The lowest BCUT2D eigenvalue weighted by Crippen LogP contribution is -2.23. The fraction of sp³-hybridized carbons (Fsp3) is 0.240. The van der Waals surface area contributed by atoms with Crippen LogP contribution in [0.4, 0.5) is 5.69 Å². The summed E-state index contributed by atoms with van der Waals surface area (Å²) in [5.74, 6) is 1.77. The Morgan fingerprint density at radius 1 is 1.00 bits per heavy atom. The van der Waals surface area contributed by atoms with Crippen LogP contribution >= 0.6 is 0 Å². The minimum absolute atomic E-state index is 0.205. The monoisotopic (exact) mass is 412 g/mol. The second-order valence-electron chi connectivity index (χ2n) is 7.98. The van der Waals surface area contributed by atoms with Crippen molar-refractivity contribution in [3.63, 3.8) is 0 Å². The molecule has 1 aliphatic heterocycles. The Kier molecular flexibility index (Phi) is 4.90. The van der Waals surface area contributed by atoms with Gasteiger partial charge in [0, 0.05) is 60.1 Å². The van der Waals surface area contributed by atoms with Gasteiger partial charge in [0.2, 0.25) is 11.8 Å². The highest BCUT2D eigenvalue weighted by molar-refractivity contribution is 5.95. The fourth-order valence-electron chi connectivity index (χ4n) is 3.98. The Balaban J connectivity index is 1.35. The minimum Gasteiger partial charge on any atom is -0.444 e. The van der Waals surface area contributed by atoms with E-state index in [2.05, 4.69) is 45.0 Å². The smallest absolute Gasteiger partial charge is 0.227 e. The first-order chi connectivity index (χ1) is 15.1. The molecule has 0 atom stereocenters. The molecule has 31 heavy (non-hydrogen) atoms. The van der Waals surface area contributed by atoms with Crippen LogP contribution in [0.3, 0.4) is 0 Å². The summed E-state index contributed by atoms with van der Waals surface area (Å²) in [7, 11) is 0. The normalized spacial score (nSPS) is 13.9. The van der Waals surface area contributed by atoms with Gasteiger partial charge in [0.15, 0.2) is 0 Å². The van der Waals surface area contributed by atoms with Gasteiger partial charge in [-0.2, -0.15) is 0 Å². The van der Waals surface area contributed by atoms with Gasteiger partial charge < -0.3 is 13.9 Å². The zero-order chi connectivity index (χ0) is 21.4. The SMILES string of the molecule is Cc1nc(Cn2ccc(-c3cncc(-c4ccc(N5CCCC5=O)cc4)c3)c2)oc1C. The third-order valence-electron chi connectivity index (χ3n) is 5.80. The van der Waals surface area contributed by atoms with Crippen LogP contribution in [0.25, 0.3) is 22.3 Å². The summed E-state index contributed by atoms with van der Waals surface area (Å²) >= 11 is 0. The maximum atomic E-state index is 12.0. The lowest BCUT2D eigenvalue weighted by Gasteiger charge is -2.16. The number of hydrogen-bond donors (Lipinski definition) is 0. The largest absolute Gasteiger partial charge is 0.444 e. The Bertz CT molecular complexity index is 1220. The quantitative estimate of drug-likeness (QED) is 0.463. The summed E-state index contributed by atoms with van der Waals surface area (Å²) in [5, 5.41) is 0. The summed E-state index contributed by atoms with van der Waals surface area (Å²) in [6.07, 6.45) is 9.43. The summed E-state index contributed by atoms with van der Waals surface area (Å²) in [5.41, 5.74) is 6.16. The second-order valence-corrected chi connectivity index (χ2v) is 7.98. The Morgan fingerprint density at radius 3 is 2.45 bits per heavy atom. The topological polar surface area (TPSA) is 64.2 Å². The number of benzene rings is 1. The van der Waals surface area contributed by atoms with Gasteiger partial charge in [0.25, 0.3) is 0 Å². The van der Waals surface area contributed by atoms with Crippen molar-refractivity contribution in [1.29, 1.82) is 0 Å². The molecule has 1 fully saturated rings. The molecule has 6 nitrogen and oxygen atoms in total. The van der Waals surface area contributed by atoms with Gasteiger partial charge in [0.05, 0.1) is 12.2 Å². The summed E-state index contributed by atoms with van der Waals surface area (Å²) < 4.78 is 7.76. The van der Waals surface area contributed by atoms with Gasteiger partial charge >= 0.3 is 0 Å². The molecule has 0 aliphatic carbocycles. The molecule has 1 aromatic carbocycles. The van der Waals surface area contributed by atoms with Crippen molar-refractivity contribution in [3.8, 4) is 22.3 Å². The number of pyridine rings is 1. The lowest BCUT2D eigenvalue weighted by molar-refractivity contribution is -0.117. The number of hydrogen-bond acceptors (Lipinski definition) is 4. The van der Waals surface area contributed by atoms with Crippen molar-refractivity contribution in [2.75, 3.05) is 11.4 Å². The summed E-state index contributed by atoms with van der Waals surface area (Å²) in [4.78, 5) is 22.7. The van der Waals surface area contributed by atoms with Gasteiger partial charge in [0.1, 0.15) is 5.76 Å². The van der Waals surface area contributed by atoms with E-state index in [4.69, 9.17) is 4.42 Å². The lowest BCUT2D eigenvalue weighted by atomic mass is 10.0. The van der Waals surface area contributed by atoms with E-state index in [1.165, 1.54) is 0 Å². The molecule has 0 unspecified atom stereocenters. The van der Waals surface area contributed by atoms with E-state index in [-0.39, 0.29) is 5.91 Å². The van der Waals surface area contributed by atoms with Crippen LogP contribution in [-0.2, 0) is 11.3 Å². The average molecular weight is 412 g/mol. The first-order valence-electron chi connectivity index (χ1n) is 10.5. The molecule has 1 saturated heterocycles. The first-order valence-corrected chi connectivity index (χ1v) is 10.5. The molecule has 0 saturated carbocycles. The highest BCUT2D eigenvalue weighted by Crippen LogP contribution is 2.28. The van der Waals surface area contributed by atoms with Crippen molar-refractivity contribution in [3.05, 3.63) is 78.5 Å². The third-order valence-corrected chi connectivity index (χ3v) is 5.80. The number of rotatable bonds is 5.